The average Bonchev–Trinajstić information content (AvgIpc) is 3.05. The fourth-order valence-corrected chi connectivity index (χ4v) is 7.01. The van der Waals surface area contributed by atoms with E-state index in [2.05, 4.69) is 19.9 Å². The van der Waals surface area contributed by atoms with Crippen LogP contribution in [0.1, 0.15) is 59.3 Å². The molecule has 4 aliphatic rings. The maximum Gasteiger partial charge on any atom is 0.328 e. The molecule has 0 unspecified atom stereocenters. The van der Waals surface area contributed by atoms with Crippen LogP contribution in [0.15, 0.2) is 36.0 Å². The first-order valence-electron chi connectivity index (χ1n) is 11.1. The van der Waals surface area contributed by atoms with Gasteiger partial charge in [0.15, 0.2) is 5.78 Å². The third-order valence-corrected chi connectivity index (χ3v) is 8.42. The van der Waals surface area contributed by atoms with Crippen molar-refractivity contribution in [2.45, 2.75) is 59.3 Å². The molecular formula is C25H32O6. The summed E-state index contributed by atoms with van der Waals surface area (Å²) in [4.78, 5) is 43.0. The van der Waals surface area contributed by atoms with E-state index in [1.807, 2.05) is 6.08 Å². The van der Waals surface area contributed by atoms with E-state index in [0.29, 0.717) is 29.8 Å². The average molecular weight is 429 g/mol. The van der Waals surface area contributed by atoms with E-state index >= 15 is 0 Å². The highest BCUT2D eigenvalue weighted by Gasteiger charge is 2.59. The molecule has 0 aromatic rings. The van der Waals surface area contributed by atoms with Crippen molar-refractivity contribution in [1.29, 1.82) is 0 Å². The quantitative estimate of drug-likeness (QED) is 0.652. The van der Waals surface area contributed by atoms with E-state index in [0.717, 1.165) is 18.8 Å². The van der Waals surface area contributed by atoms with Crippen LogP contribution in [0.4, 0.5) is 0 Å². The molecule has 168 valence electrons. The lowest BCUT2D eigenvalue weighted by molar-refractivity contribution is -0.134. The largest absolute Gasteiger partial charge is 0.478 e. The van der Waals surface area contributed by atoms with Gasteiger partial charge in [0, 0.05) is 23.5 Å². The molecule has 6 heteroatoms. The van der Waals surface area contributed by atoms with Crippen LogP contribution in [0.3, 0.4) is 0 Å². The Morgan fingerprint density at radius 2 is 1.65 bits per heavy atom. The Morgan fingerprint density at radius 3 is 2.23 bits per heavy atom. The van der Waals surface area contributed by atoms with Gasteiger partial charge in [-0.1, -0.05) is 25.5 Å². The minimum absolute atomic E-state index is 0.0759. The maximum absolute atomic E-state index is 12.1. The minimum Gasteiger partial charge on any atom is -0.478 e. The number of rotatable bonds is 3. The summed E-state index contributed by atoms with van der Waals surface area (Å²) >= 11 is 0. The van der Waals surface area contributed by atoms with Gasteiger partial charge in [0.05, 0.1) is 0 Å². The molecule has 31 heavy (non-hydrogen) atoms. The Labute approximate surface area is 183 Å². The number of carboxylic acid groups (broad SMARTS) is 2. The van der Waals surface area contributed by atoms with Gasteiger partial charge in [0.2, 0.25) is 0 Å². The number of carbonyl (C=O) groups excluding carboxylic acids is 2. The molecule has 6 atom stereocenters. The van der Waals surface area contributed by atoms with Crippen LogP contribution in [-0.2, 0) is 19.2 Å². The smallest absolute Gasteiger partial charge is 0.328 e. The third kappa shape index (κ3) is 4.30. The second kappa shape index (κ2) is 8.56. The lowest BCUT2D eigenvalue weighted by Gasteiger charge is -2.56. The van der Waals surface area contributed by atoms with Gasteiger partial charge in [-0.25, -0.2) is 9.59 Å². The summed E-state index contributed by atoms with van der Waals surface area (Å²) < 4.78 is 0. The van der Waals surface area contributed by atoms with Crippen LogP contribution in [0.2, 0.25) is 0 Å². The van der Waals surface area contributed by atoms with E-state index in [1.54, 1.807) is 13.0 Å². The lowest BCUT2D eigenvalue weighted by Crippen LogP contribution is -2.50. The summed E-state index contributed by atoms with van der Waals surface area (Å²) in [5.41, 5.74) is 1.65. The Bertz CT molecular complexity index is 864. The van der Waals surface area contributed by atoms with Crippen LogP contribution in [0.25, 0.3) is 0 Å². The van der Waals surface area contributed by atoms with Crippen molar-refractivity contribution in [2.75, 3.05) is 0 Å². The Balaban J connectivity index is 0.000000293. The monoisotopic (exact) mass is 428 g/mol. The zero-order chi connectivity index (χ0) is 23.0. The van der Waals surface area contributed by atoms with Crippen molar-refractivity contribution >= 4 is 23.5 Å². The second-order valence-electron chi connectivity index (χ2n) is 9.90. The third-order valence-electron chi connectivity index (χ3n) is 8.42. The normalized spacial score (nSPS) is 38.3. The first kappa shape index (κ1) is 23.2. The summed E-state index contributed by atoms with van der Waals surface area (Å²) in [6.45, 7) is 6.53. The van der Waals surface area contributed by atoms with Crippen molar-refractivity contribution in [3.05, 3.63) is 36.0 Å². The zero-order valence-electron chi connectivity index (χ0n) is 18.5. The summed E-state index contributed by atoms with van der Waals surface area (Å²) in [5, 5.41) is 15.6. The number of Topliss-reactive ketones (excluding diaryl/α,β-unsaturated/α-hetero) is 1. The highest BCUT2D eigenvalue weighted by molar-refractivity contribution is 6.01. The minimum atomic E-state index is -1.26. The molecule has 2 N–H and O–H groups in total. The van der Waals surface area contributed by atoms with Gasteiger partial charge < -0.3 is 10.2 Å². The molecule has 0 spiro atoms. The second-order valence-corrected chi connectivity index (χ2v) is 9.90. The fourth-order valence-electron chi connectivity index (χ4n) is 7.01. The van der Waals surface area contributed by atoms with Gasteiger partial charge in [0.1, 0.15) is 5.78 Å². The molecule has 0 amide bonds. The van der Waals surface area contributed by atoms with Crippen LogP contribution in [-0.4, -0.2) is 33.7 Å². The predicted molar refractivity (Wildman–Crippen MR) is 115 cm³/mol. The molecule has 3 fully saturated rings. The number of carboxylic acids is 2. The topological polar surface area (TPSA) is 109 Å². The fraction of sp³-hybridized carbons (Fsp3) is 0.600. The molecule has 0 bridgehead atoms. The van der Waals surface area contributed by atoms with Crippen LogP contribution in [0.5, 0.6) is 0 Å². The van der Waals surface area contributed by atoms with Gasteiger partial charge in [0.25, 0.3) is 0 Å². The van der Waals surface area contributed by atoms with Crippen molar-refractivity contribution in [3.63, 3.8) is 0 Å². The summed E-state index contributed by atoms with van der Waals surface area (Å²) in [5.74, 6) is 0.392. The molecular weight excluding hydrogens is 396 g/mol. The molecule has 6 nitrogen and oxygen atoms in total. The molecule has 0 radical (unpaired) electrons. The zero-order valence-corrected chi connectivity index (χ0v) is 18.5. The molecule has 0 aliphatic heterocycles. The van der Waals surface area contributed by atoms with Gasteiger partial charge in [-0.3, -0.25) is 9.59 Å². The van der Waals surface area contributed by atoms with Gasteiger partial charge in [-0.2, -0.15) is 0 Å². The molecule has 0 heterocycles. The Morgan fingerprint density at radius 1 is 1.00 bits per heavy atom. The first-order valence-corrected chi connectivity index (χ1v) is 11.1. The molecule has 0 saturated heterocycles. The van der Waals surface area contributed by atoms with Crippen molar-refractivity contribution in [3.8, 4) is 0 Å². The number of hydrogen-bond donors (Lipinski definition) is 2. The van der Waals surface area contributed by atoms with E-state index < -0.39 is 11.9 Å². The number of allylic oxidation sites excluding steroid dienone is 4. The number of fused-ring (bicyclic) bond motifs is 5. The number of aliphatic carboxylic acids is 2. The number of ketones is 2. The standard InChI is InChI=1S/C21H28O2.C4H4O4/c1-13(22)17-6-7-18-16-5-4-14-12-15(23)8-10-20(14,2)19(16)9-11-21(17,18)3;5-3(6)1-2-4(7)8/h8,10,12,16-19H,4-7,9,11H2,1-3H3;1-2H,(H,5,6)(H,7,8)/b;2-1+/t16-,17+,18-,19-,20-,21+;/m0./s1. The van der Waals surface area contributed by atoms with Crippen molar-refractivity contribution < 1.29 is 29.4 Å². The van der Waals surface area contributed by atoms with Gasteiger partial charge >= 0.3 is 11.9 Å². The van der Waals surface area contributed by atoms with E-state index in [-0.39, 0.29) is 22.5 Å². The van der Waals surface area contributed by atoms with E-state index in [1.165, 1.54) is 31.3 Å². The van der Waals surface area contributed by atoms with Crippen LogP contribution in [0, 0.1) is 34.5 Å². The Hall–Kier alpha value is -2.50. The summed E-state index contributed by atoms with van der Waals surface area (Å²) in [6.07, 6.45) is 14.0. The highest BCUT2D eigenvalue weighted by Crippen LogP contribution is 2.65. The first-order chi connectivity index (χ1) is 14.5. The SMILES string of the molecule is CC(=O)[C@H]1CC[C@H]2[C@@H]3CCC4=CC(=O)C=C[C@]4(C)[C@H]3CC[C@]12C.O=C(O)/C=C/C(=O)O. The van der Waals surface area contributed by atoms with E-state index in [4.69, 9.17) is 10.2 Å². The predicted octanol–water partition coefficient (Wildman–Crippen LogP) is 4.21. The van der Waals surface area contributed by atoms with Gasteiger partial charge in [-0.05, 0) is 80.8 Å². The van der Waals surface area contributed by atoms with Gasteiger partial charge in [-0.15, -0.1) is 0 Å². The number of carbonyl (C=O) groups is 4. The van der Waals surface area contributed by atoms with Crippen molar-refractivity contribution in [2.24, 2.45) is 34.5 Å². The Kier molecular flexibility index (Phi) is 6.40. The van der Waals surface area contributed by atoms with Crippen molar-refractivity contribution in [1.82, 2.24) is 0 Å². The highest BCUT2D eigenvalue weighted by atomic mass is 16.4. The molecule has 0 aromatic carbocycles. The van der Waals surface area contributed by atoms with Crippen LogP contribution < -0.4 is 0 Å². The molecule has 4 rings (SSSR count). The lowest BCUT2D eigenvalue weighted by atomic mass is 9.47. The maximum atomic E-state index is 12.1. The van der Waals surface area contributed by atoms with Crippen LogP contribution >= 0.6 is 0 Å². The molecule has 4 aliphatic carbocycles. The van der Waals surface area contributed by atoms with E-state index in [9.17, 15) is 19.2 Å². The summed E-state index contributed by atoms with van der Waals surface area (Å²) in [6, 6.07) is 0. The molecule has 0 aromatic heterocycles. The number of hydrogen-bond acceptors (Lipinski definition) is 4. The summed E-state index contributed by atoms with van der Waals surface area (Å²) in [7, 11) is 0. The molecule has 3 saturated carbocycles.